The summed E-state index contributed by atoms with van der Waals surface area (Å²) in [4.78, 5) is 4.97. The van der Waals surface area contributed by atoms with Gasteiger partial charge in [0.15, 0.2) is 0 Å². The van der Waals surface area contributed by atoms with Crippen LogP contribution < -0.4 is 0 Å². The number of aryl methyl sites for hydroxylation is 1. The van der Waals surface area contributed by atoms with Crippen molar-refractivity contribution in [3.05, 3.63) is 29.8 Å². The van der Waals surface area contributed by atoms with Crippen LogP contribution in [-0.2, 0) is 0 Å². The van der Waals surface area contributed by atoms with Crippen molar-refractivity contribution in [2.45, 2.75) is 47.0 Å². The topological polar surface area (TPSA) is 12.4 Å². The van der Waals surface area contributed by atoms with Crippen molar-refractivity contribution in [2.24, 2.45) is 21.7 Å². The summed E-state index contributed by atoms with van der Waals surface area (Å²) < 4.78 is 0. The predicted molar refractivity (Wildman–Crippen MR) is 77.5 cm³/mol. The molecule has 1 heteroatoms. The van der Waals surface area contributed by atoms with E-state index in [-0.39, 0.29) is 0 Å². The third kappa shape index (κ3) is 1.49. The first-order valence-corrected chi connectivity index (χ1v) is 7.08. The van der Waals surface area contributed by atoms with Crippen molar-refractivity contribution in [3.63, 3.8) is 0 Å². The van der Waals surface area contributed by atoms with Crippen molar-refractivity contribution in [3.8, 4) is 0 Å². The van der Waals surface area contributed by atoms with Gasteiger partial charge in [-0.15, -0.1) is 0 Å². The molecule has 2 unspecified atom stereocenters. The first-order chi connectivity index (χ1) is 8.43. The predicted octanol–water partition coefficient (Wildman–Crippen LogP) is 4.91. The molecule has 2 aliphatic carbocycles. The Morgan fingerprint density at radius 2 is 1.78 bits per heavy atom. The summed E-state index contributed by atoms with van der Waals surface area (Å²) >= 11 is 0. The number of fused-ring (bicyclic) bond motifs is 2. The van der Waals surface area contributed by atoms with E-state index in [1.807, 2.05) is 0 Å². The molecule has 96 valence electrons. The first kappa shape index (κ1) is 12.0. The fourth-order valence-corrected chi connectivity index (χ4v) is 3.87. The quantitative estimate of drug-likeness (QED) is 0.662. The molecule has 1 aromatic carbocycles. The number of hydrogen-bond acceptors (Lipinski definition) is 1. The zero-order valence-corrected chi connectivity index (χ0v) is 12.0. The third-order valence-electron chi connectivity index (χ3n) is 5.81. The van der Waals surface area contributed by atoms with Gasteiger partial charge in [0.2, 0.25) is 0 Å². The Balaban J connectivity index is 1.97. The van der Waals surface area contributed by atoms with E-state index in [4.69, 9.17) is 4.99 Å². The van der Waals surface area contributed by atoms with Gasteiger partial charge in [-0.3, -0.25) is 4.99 Å². The van der Waals surface area contributed by atoms with Crippen LogP contribution in [0.3, 0.4) is 0 Å². The van der Waals surface area contributed by atoms with Crippen LogP contribution in [0.2, 0.25) is 0 Å². The second-order valence-corrected chi connectivity index (χ2v) is 6.89. The normalized spacial score (nSPS) is 35.3. The van der Waals surface area contributed by atoms with E-state index in [0.717, 1.165) is 11.6 Å². The molecule has 2 aliphatic rings. The van der Waals surface area contributed by atoms with Crippen LogP contribution in [0.4, 0.5) is 5.69 Å². The molecule has 0 spiro atoms. The van der Waals surface area contributed by atoms with E-state index in [1.54, 1.807) is 0 Å². The van der Waals surface area contributed by atoms with Gasteiger partial charge >= 0.3 is 0 Å². The van der Waals surface area contributed by atoms with E-state index < -0.39 is 0 Å². The Labute approximate surface area is 110 Å². The fraction of sp³-hybridized carbons (Fsp3) is 0.588. The molecule has 0 aromatic heterocycles. The average Bonchev–Trinajstić information content (AvgIpc) is 2.65. The van der Waals surface area contributed by atoms with Gasteiger partial charge in [0.05, 0.1) is 5.69 Å². The van der Waals surface area contributed by atoms with Crippen LogP contribution in [0.25, 0.3) is 0 Å². The summed E-state index contributed by atoms with van der Waals surface area (Å²) in [6.07, 6.45) is 3.91. The molecule has 0 radical (unpaired) electrons. The minimum absolute atomic E-state index is 0.322. The number of hydrogen-bond donors (Lipinski definition) is 0. The average molecular weight is 241 g/mol. The summed E-state index contributed by atoms with van der Waals surface area (Å²) in [7, 11) is 0. The SMILES string of the molecule is Cc1ccc(N=C2CC3CCC2(C)C3(C)C)cc1. The summed E-state index contributed by atoms with van der Waals surface area (Å²) in [6.45, 7) is 9.41. The van der Waals surface area contributed by atoms with Crippen molar-refractivity contribution in [2.75, 3.05) is 0 Å². The molecule has 1 aromatic rings. The molecule has 1 nitrogen and oxygen atoms in total. The summed E-state index contributed by atoms with van der Waals surface area (Å²) in [5, 5.41) is 0. The number of rotatable bonds is 1. The monoisotopic (exact) mass is 241 g/mol. The van der Waals surface area contributed by atoms with Gasteiger partial charge in [-0.2, -0.15) is 0 Å². The molecule has 3 rings (SSSR count). The van der Waals surface area contributed by atoms with Crippen molar-refractivity contribution in [1.82, 2.24) is 0 Å². The van der Waals surface area contributed by atoms with Crippen molar-refractivity contribution in [1.29, 1.82) is 0 Å². The number of benzene rings is 1. The fourth-order valence-electron chi connectivity index (χ4n) is 3.87. The molecule has 0 N–H and O–H groups in total. The lowest BCUT2D eigenvalue weighted by Crippen LogP contribution is -2.32. The molecular weight excluding hydrogens is 218 g/mol. The van der Waals surface area contributed by atoms with E-state index >= 15 is 0 Å². The van der Waals surface area contributed by atoms with Gasteiger partial charge in [0.25, 0.3) is 0 Å². The Morgan fingerprint density at radius 3 is 2.28 bits per heavy atom. The van der Waals surface area contributed by atoms with Gasteiger partial charge in [0, 0.05) is 11.1 Å². The Bertz CT molecular complexity index is 495. The van der Waals surface area contributed by atoms with Crippen LogP contribution in [-0.4, -0.2) is 5.71 Å². The summed E-state index contributed by atoms with van der Waals surface area (Å²) in [5.41, 5.74) is 4.62. The standard InChI is InChI=1S/C17H23N/c1-12-5-7-14(8-6-12)18-15-11-13-9-10-17(15,4)16(13,2)3/h5-8,13H,9-11H2,1-4H3. The molecular formula is C17H23N. The van der Waals surface area contributed by atoms with Gasteiger partial charge in [-0.05, 0) is 49.7 Å². The maximum atomic E-state index is 4.97. The largest absolute Gasteiger partial charge is 0.257 e. The Morgan fingerprint density at radius 1 is 1.11 bits per heavy atom. The second kappa shape index (κ2) is 3.69. The van der Waals surface area contributed by atoms with Crippen LogP contribution in [0, 0.1) is 23.7 Å². The summed E-state index contributed by atoms with van der Waals surface area (Å²) in [6, 6.07) is 8.59. The molecule has 0 heterocycles. The highest BCUT2D eigenvalue weighted by atomic mass is 14.8. The zero-order chi connectivity index (χ0) is 13.0. The minimum Gasteiger partial charge on any atom is -0.257 e. The highest BCUT2D eigenvalue weighted by molar-refractivity contribution is 5.96. The smallest absolute Gasteiger partial charge is 0.0629 e. The lowest BCUT2D eigenvalue weighted by Gasteiger charge is -2.34. The maximum absolute atomic E-state index is 4.97. The lowest BCUT2D eigenvalue weighted by molar-refractivity contribution is 0.194. The van der Waals surface area contributed by atoms with Gasteiger partial charge in [0.1, 0.15) is 0 Å². The Hall–Kier alpha value is -1.11. The second-order valence-electron chi connectivity index (χ2n) is 6.89. The minimum atomic E-state index is 0.322. The molecule has 0 aliphatic heterocycles. The van der Waals surface area contributed by atoms with Gasteiger partial charge in [-0.25, -0.2) is 0 Å². The lowest BCUT2D eigenvalue weighted by atomic mass is 9.70. The first-order valence-electron chi connectivity index (χ1n) is 7.08. The molecule has 0 amide bonds. The number of aliphatic imine (C=N–C) groups is 1. The van der Waals surface area contributed by atoms with Crippen molar-refractivity contribution >= 4 is 11.4 Å². The molecule has 2 atom stereocenters. The van der Waals surface area contributed by atoms with E-state index in [0.29, 0.717) is 10.8 Å². The molecule has 2 bridgehead atoms. The van der Waals surface area contributed by atoms with Crippen LogP contribution in [0.1, 0.15) is 45.6 Å². The van der Waals surface area contributed by atoms with E-state index in [2.05, 4.69) is 52.0 Å². The van der Waals surface area contributed by atoms with E-state index in [9.17, 15) is 0 Å². The van der Waals surface area contributed by atoms with Crippen LogP contribution >= 0.6 is 0 Å². The molecule has 0 saturated heterocycles. The zero-order valence-electron chi connectivity index (χ0n) is 12.0. The Kier molecular flexibility index (Phi) is 2.45. The maximum Gasteiger partial charge on any atom is 0.0629 e. The highest BCUT2D eigenvalue weighted by Crippen LogP contribution is 2.64. The van der Waals surface area contributed by atoms with Crippen LogP contribution in [0.5, 0.6) is 0 Å². The molecule has 2 saturated carbocycles. The van der Waals surface area contributed by atoms with Crippen LogP contribution in [0.15, 0.2) is 29.3 Å². The number of nitrogens with zero attached hydrogens (tertiary/aromatic N) is 1. The summed E-state index contributed by atoms with van der Waals surface area (Å²) in [5.74, 6) is 0.840. The van der Waals surface area contributed by atoms with Crippen molar-refractivity contribution < 1.29 is 0 Å². The molecule has 18 heavy (non-hydrogen) atoms. The third-order valence-corrected chi connectivity index (χ3v) is 5.81. The van der Waals surface area contributed by atoms with Gasteiger partial charge in [-0.1, -0.05) is 38.5 Å². The molecule has 2 fully saturated rings. The van der Waals surface area contributed by atoms with E-state index in [1.165, 1.54) is 30.5 Å². The highest BCUT2D eigenvalue weighted by Gasteiger charge is 2.59. The van der Waals surface area contributed by atoms with Gasteiger partial charge < -0.3 is 0 Å².